The molecule has 0 saturated carbocycles. The zero-order valence-corrected chi connectivity index (χ0v) is 16.0. The highest BCUT2D eigenvalue weighted by molar-refractivity contribution is 8.05. The first-order valence-corrected chi connectivity index (χ1v) is 9.75. The highest BCUT2D eigenvalue weighted by Gasteiger charge is 2.49. The van der Waals surface area contributed by atoms with Gasteiger partial charge < -0.3 is 11.1 Å². The Balaban J connectivity index is 1.92. The Morgan fingerprint density at radius 1 is 1.14 bits per heavy atom. The molecule has 2 aromatic carbocycles. The van der Waals surface area contributed by atoms with Crippen molar-refractivity contribution in [2.75, 3.05) is 0 Å². The summed E-state index contributed by atoms with van der Waals surface area (Å²) >= 11 is 1.07. The number of hydrogen-bond acceptors (Lipinski definition) is 5. The summed E-state index contributed by atoms with van der Waals surface area (Å²) < 4.78 is 0. The number of rotatable bonds is 3. The third-order valence-corrected chi connectivity index (χ3v) is 6.13. The van der Waals surface area contributed by atoms with Gasteiger partial charge in [-0.25, -0.2) is 0 Å². The van der Waals surface area contributed by atoms with Crippen LogP contribution in [0.15, 0.2) is 76.8 Å². The number of thioether (sulfide) groups is 1. The number of carbonyl (C=O) groups is 2. The van der Waals surface area contributed by atoms with Gasteiger partial charge in [-0.2, -0.15) is 5.26 Å². The molecule has 4 rings (SSSR count). The van der Waals surface area contributed by atoms with E-state index >= 15 is 0 Å². The van der Waals surface area contributed by atoms with Gasteiger partial charge >= 0.3 is 0 Å². The number of benzene rings is 2. The molecule has 1 saturated heterocycles. The van der Waals surface area contributed by atoms with Crippen molar-refractivity contribution in [2.24, 2.45) is 5.73 Å². The van der Waals surface area contributed by atoms with E-state index in [-0.39, 0.29) is 22.2 Å². The number of nitrogens with two attached hydrogens (primary N) is 1. The van der Waals surface area contributed by atoms with Gasteiger partial charge in [0, 0.05) is 5.57 Å². The van der Waals surface area contributed by atoms with Gasteiger partial charge in [0.15, 0.2) is 6.04 Å². The molecule has 2 amide bonds. The fourth-order valence-electron chi connectivity index (χ4n) is 3.48. The first kappa shape index (κ1) is 18.7. The Hall–Kier alpha value is -3.63. The van der Waals surface area contributed by atoms with Gasteiger partial charge in [0.1, 0.15) is 5.25 Å². The highest BCUT2D eigenvalue weighted by atomic mass is 32.2. The number of nitriles is 1. The maximum atomic E-state index is 13.3. The molecule has 1 unspecified atom stereocenters. The molecule has 2 aliphatic rings. The van der Waals surface area contributed by atoms with E-state index < -0.39 is 17.2 Å². The minimum absolute atomic E-state index is 0.0206. The Labute approximate surface area is 171 Å². The summed E-state index contributed by atoms with van der Waals surface area (Å²) in [6, 6.07) is 19.2. The van der Waals surface area contributed by atoms with Gasteiger partial charge in [-0.1, -0.05) is 72.4 Å². The van der Waals surface area contributed by atoms with Crippen molar-refractivity contribution in [3.05, 3.63) is 88.0 Å². The van der Waals surface area contributed by atoms with Crippen molar-refractivity contribution in [1.82, 2.24) is 4.90 Å². The first-order valence-electron chi connectivity index (χ1n) is 8.87. The van der Waals surface area contributed by atoms with E-state index in [1.807, 2.05) is 42.5 Å². The van der Waals surface area contributed by atoms with E-state index in [4.69, 9.17) is 11.1 Å². The van der Waals surface area contributed by atoms with Crippen LogP contribution in [0.2, 0.25) is 0 Å². The quantitative estimate of drug-likeness (QED) is 0.825. The predicted molar refractivity (Wildman–Crippen MR) is 111 cm³/mol. The molecule has 6 nitrogen and oxygen atoms in total. The Morgan fingerprint density at radius 3 is 2.34 bits per heavy atom. The Kier molecular flexibility index (Phi) is 4.79. The van der Waals surface area contributed by atoms with E-state index in [1.54, 1.807) is 30.3 Å². The summed E-state index contributed by atoms with van der Waals surface area (Å²) in [6.07, 6.45) is 1.71. The fourth-order valence-corrected chi connectivity index (χ4v) is 4.66. The van der Waals surface area contributed by atoms with Crippen LogP contribution in [0.3, 0.4) is 0 Å². The average molecular weight is 400 g/mol. The maximum Gasteiger partial charge on any atom is 0.257 e. The van der Waals surface area contributed by atoms with Crippen molar-refractivity contribution in [1.29, 1.82) is 10.7 Å². The summed E-state index contributed by atoms with van der Waals surface area (Å²) in [4.78, 5) is 27.1. The lowest BCUT2D eigenvalue weighted by atomic mass is 10.0. The monoisotopic (exact) mass is 400 g/mol. The molecule has 2 atom stereocenters. The number of primary amides is 1. The van der Waals surface area contributed by atoms with Crippen molar-refractivity contribution in [3.63, 3.8) is 0 Å². The summed E-state index contributed by atoms with van der Waals surface area (Å²) in [6.45, 7) is 0. The zero-order chi connectivity index (χ0) is 20.5. The number of nitrogens with one attached hydrogen (secondary N) is 1. The number of carbonyl (C=O) groups excluding carboxylic acids is 2. The molecule has 7 heteroatoms. The van der Waals surface area contributed by atoms with Crippen LogP contribution >= 0.6 is 11.8 Å². The Bertz CT molecular complexity index is 1120. The molecule has 0 aliphatic carbocycles. The molecular weight excluding hydrogens is 384 g/mol. The van der Waals surface area contributed by atoms with Crippen molar-refractivity contribution < 1.29 is 9.59 Å². The van der Waals surface area contributed by atoms with Gasteiger partial charge in [0.2, 0.25) is 5.91 Å². The second-order valence-electron chi connectivity index (χ2n) is 6.57. The molecule has 0 spiro atoms. The number of hydrogen-bond donors (Lipinski definition) is 2. The van der Waals surface area contributed by atoms with Crippen LogP contribution in [0.1, 0.15) is 16.4 Å². The lowest BCUT2D eigenvalue weighted by molar-refractivity contribution is -0.128. The summed E-state index contributed by atoms with van der Waals surface area (Å²) in [5.41, 5.74) is 7.76. The van der Waals surface area contributed by atoms with E-state index in [2.05, 4.69) is 0 Å². The van der Waals surface area contributed by atoms with Gasteiger partial charge in [-0.05, 0) is 17.2 Å². The maximum absolute atomic E-state index is 13.3. The zero-order valence-electron chi connectivity index (χ0n) is 15.2. The van der Waals surface area contributed by atoms with Crippen molar-refractivity contribution in [3.8, 4) is 6.07 Å². The van der Waals surface area contributed by atoms with Crippen LogP contribution < -0.4 is 5.73 Å². The molecule has 0 bridgehead atoms. The summed E-state index contributed by atoms with van der Waals surface area (Å²) in [7, 11) is 0. The Morgan fingerprint density at radius 2 is 1.76 bits per heavy atom. The third kappa shape index (κ3) is 3.13. The molecule has 0 aromatic heterocycles. The number of allylic oxidation sites excluding steroid dienone is 1. The van der Waals surface area contributed by atoms with E-state index in [0.717, 1.165) is 17.3 Å². The highest BCUT2D eigenvalue weighted by Crippen LogP contribution is 2.48. The molecule has 2 aromatic rings. The van der Waals surface area contributed by atoms with Crippen LogP contribution in [0.5, 0.6) is 0 Å². The largest absolute Gasteiger partial charge is 0.365 e. The van der Waals surface area contributed by atoms with Crippen LogP contribution in [-0.4, -0.2) is 28.5 Å². The number of amides is 2. The van der Waals surface area contributed by atoms with Crippen molar-refractivity contribution >= 4 is 35.4 Å². The lowest BCUT2D eigenvalue weighted by Gasteiger charge is -2.32. The normalized spacial score (nSPS) is 22.6. The van der Waals surface area contributed by atoms with Gasteiger partial charge in [0.05, 0.1) is 22.4 Å². The second kappa shape index (κ2) is 7.41. The first-order chi connectivity index (χ1) is 14.0. The second-order valence-corrected chi connectivity index (χ2v) is 7.69. The number of nitrogens with zero attached hydrogens (tertiary/aromatic N) is 2. The molecule has 0 radical (unpaired) electrons. The topological polar surface area (TPSA) is 111 Å². The fraction of sp³-hybridized carbons (Fsp3) is 0.0909. The van der Waals surface area contributed by atoms with Crippen LogP contribution in [0.25, 0.3) is 6.08 Å². The molecule has 2 aliphatic heterocycles. The van der Waals surface area contributed by atoms with E-state index in [9.17, 15) is 14.9 Å². The minimum Gasteiger partial charge on any atom is -0.365 e. The molecule has 2 heterocycles. The van der Waals surface area contributed by atoms with Crippen molar-refractivity contribution in [2.45, 2.75) is 11.3 Å². The standard InChI is InChI=1S/C22H16N4O2S/c23-12-16-17(24)15(11-13-7-3-1-4-8-13)18-20(21(25)27)29-19(22(28)26(16)18)14-9-5-2-6-10-14/h1-11,16,19,24H,(H2,25,27)/b15-11+,24-17?/t16?,19-/m0/s1. The van der Waals surface area contributed by atoms with Crippen LogP contribution in [-0.2, 0) is 9.59 Å². The van der Waals surface area contributed by atoms with Crippen LogP contribution in [0.4, 0.5) is 0 Å². The molecule has 29 heavy (non-hydrogen) atoms. The summed E-state index contributed by atoms with van der Waals surface area (Å²) in [5, 5.41) is 17.5. The van der Waals surface area contributed by atoms with E-state index in [1.165, 1.54) is 4.90 Å². The number of fused-ring (bicyclic) bond motifs is 1. The smallest absolute Gasteiger partial charge is 0.257 e. The van der Waals surface area contributed by atoms with Crippen LogP contribution in [0, 0.1) is 16.7 Å². The molecule has 3 N–H and O–H groups in total. The van der Waals surface area contributed by atoms with Gasteiger partial charge in [0.25, 0.3) is 5.91 Å². The molecular formula is C22H16N4O2S. The predicted octanol–water partition coefficient (Wildman–Crippen LogP) is 3.01. The van der Waals surface area contributed by atoms with Gasteiger partial charge in [-0.15, -0.1) is 0 Å². The summed E-state index contributed by atoms with van der Waals surface area (Å²) in [5.74, 6) is -1.03. The average Bonchev–Trinajstić information content (AvgIpc) is 3.01. The lowest BCUT2D eigenvalue weighted by Crippen LogP contribution is -2.42. The minimum atomic E-state index is -1.10. The van der Waals surface area contributed by atoms with E-state index in [0.29, 0.717) is 11.1 Å². The van der Waals surface area contributed by atoms with Gasteiger partial charge in [-0.3, -0.25) is 14.5 Å². The molecule has 142 valence electrons. The molecule has 1 fully saturated rings. The third-order valence-electron chi connectivity index (χ3n) is 4.79. The SMILES string of the molecule is N#CC1C(=N)/C(=C\c2ccccc2)C2=C(C(N)=O)S[C@@H](c3ccccc3)C(=O)N21.